The minimum Gasteiger partial charge on any atom is -0.485 e. The minimum atomic E-state index is -0.932. The molecule has 0 atom stereocenters. The fourth-order valence-electron chi connectivity index (χ4n) is 3.32. The van der Waals surface area contributed by atoms with Crippen LogP contribution in [0.5, 0.6) is 5.75 Å². The number of aryl methyl sites for hydroxylation is 1. The molecule has 2 aromatic heterocycles. The number of methoxy groups -OCH3 is 1. The first-order valence-electron chi connectivity index (χ1n) is 10.2. The van der Waals surface area contributed by atoms with Gasteiger partial charge < -0.3 is 14.2 Å². The molecule has 0 N–H and O–H groups in total. The van der Waals surface area contributed by atoms with Crippen LogP contribution in [0, 0.1) is 0 Å². The van der Waals surface area contributed by atoms with Gasteiger partial charge in [0.1, 0.15) is 12.4 Å². The van der Waals surface area contributed by atoms with Crippen LogP contribution in [-0.4, -0.2) is 48.0 Å². The SMILES string of the molecule is CCOC(=O)C(=O)N(C)c1c(CC)nc2c(OCc3ccccc3C(=O)OC)cccn12. The zero-order chi connectivity index (χ0) is 23.3. The van der Waals surface area contributed by atoms with Crippen LogP contribution in [0.4, 0.5) is 5.82 Å². The molecule has 0 aliphatic carbocycles. The molecule has 1 amide bonds. The van der Waals surface area contributed by atoms with Gasteiger partial charge in [0.25, 0.3) is 0 Å². The molecule has 0 spiro atoms. The number of benzene rings is 1. The van der Waals surface area contributed by atoms with E-state index in [0.717, 1.165) is 0 Å². The summed E-state index contributed by atoms with van der Waals surface area (Å²) in [6.07, 6.45) is 2.27. The molecule has 0 saturated carbocycles. The third-order valence-corrected chi connectivity index (χ3v) is 4.87. The maximum Gasteiger partial charge on any atom is 0.397 e. The van der Waals surface area contributed by atoms with Crippen molar-refractivity contribution in [3.8, 4) is 5.75 Å². The number of amides is 1. The smallest absolute Gasteiger partial charge is 0.397 e. The monoisotopic (exact) mass is 439 g/mol. The summed E-state index contributed by atoms with van der Waals surface area (Å²) in [5.74, 6) is -1.25. The number of likely N-dealkylation sites (N-methyl/N-ethyl adjacent to an activating group) is 1. The van der Waals surface area contributed by atoms with Gasteiger partial charge in [-0.25, -0.2) is 14.6 Å². The molecule has 2 heterocycles. The van der Waals surface area contributed by atoms with E-state index in [0.29, 0.717) is 40.5 Å². The average molecular weight is 439 g/mol. The number of nitrogens with zero attached hydrogens (tertiary/aromatic N) is 3. The number of imidazole rings is 1. The van der Waals surface area contributed by atoms with Crippen molar-refractivity contribution in [1.82, 2.24) is 9.38 Å². The van der Waals surface area contributed by atoms with Crippen molar-refractivity contribution in [3.05, 3.63) is 59.4 Å². The number of ether oxygens (including phenoxy) is 3. The summed E-state index contributed by atoms with van der Waals surface area (Å²) in [6.45, 7) is 3.77. The van der Waals surface area contributed by atoms with E-state index in [2.05, 4.69) is 4.98 Å². The predicted molar refractivity (Wildman–Crippen MR) is 117 cm³/mol. The van der Waals surface area contributed by atoms with Crippen molar-refractivity contribution in [3.63, 3.8) is 0 Å². The molecular formula is C23H25N3O6. The first-order valence-corrected chi connectivity index (χ1v) is 10.2. The Labute approximate surface area is 185 Å². The van der Waals surface area contributed by atoms with E-state index in [-0.39, 0.29) is 13.2 Å². The molecule has 9 heteroatoms. The van der Waals surface area contributed by atoms with Crippen LogP contribution in [0.3, 0.4) is 0 Å². The highest BCUT2D eigenvalue weighted by atomic mass is 16.5. The Kier molecular flexibility index (Phi) is 7.09. The lowest BCUT2D eigenvalue weighted by Crippen LogP contribution is -2.35. The van der Waals surface area contributed by atoms with E-state index < -0.39 is 17.8 Å². The molecule has 3 rings (SSSR count). The van der Waals surface area contributed by atoms with Gasteiger partial charge in [0.05, 0.1) is 25.0 Å². The average Bonchev–Trinajstić information content (AvgIpc) is 3.20. The van der Waals surface area contributed by atoms with Gasteiger partial charge in [-0.3, -0.25) is 14.1 Å². The second-order valence-corrected chi connectivity index (χ2v) is 6.82. The van der Waals surface area contributed by atoms with E-state index >= 15 is 0 Å². The molecule has 0 unspecified atom stereocenters. The molecule has 0 aliphatic rings. The topological polar surface area (TPSA) is 99.4 Å². The zero-order valence-corrected chi connectivity index (χ0v) is 18.5. The van der Waals surface area contributed by atoms with E-state index in [1.54, 1.807) is 47.9 Å². The number of rotatable bonds is 7. The van der Waals surface area contributed by atoms with Crippen LogP contribution in [0.25, 0.3) is 5.65 Å². The lowest BCUT2D eigenvalue weighted by molar-refractivity contribution is -0.153. The van der Waals surface area contributed by atoms with Crippen molar-refractivity contribution in [2.75, 3.05) is 25.7 Å². The highest BCUT2D eigenvalue weighted by Crippen LogP contribution is 2.29. The molecule has 32 heavy (non-hydrogen) atoms. The molecule has 3 aromatic rings. The normalized spacial score (nSPS) is 10.6. The van der Waals surface area contributed by atoms with Gasteiger partial charge in [-0.1, -0.05) is 25.1 Å². The largest absolute Gasteiger partial charge is 0.485 e. The zero-order valence-electron chi connectivity index (χ0n) is 18.5. The van der Waals surface area contributed by atoms with Gasteiger partial charge in [-0.2, -0.15) is 0 Å². The van der Waals surface area contributed by atoms with E-state index in [1.165, 1.54) is 19.1 Å². The van der Waals surface area contributed by atoms with E-state index in [4.69, 9.17) is 14.2 Å². The molecule has 0 aliphatic heterocycles. The molecule has 9 nitrogen and oxygen atoms in total. The summed E-state index contributed by atoms with van der Waals surface area (Å²) in [5, 5.41) is 0. The number of aromatic nitrogens is 2. The molecule has 0 bridgehead atoms. The first kappa shape index (κ1) is 22.8. The number of hydrogen-bond acceptors (Lipinski definition) is 7. The third kappa shape index (κ3) is 4.41. The lowest BCUT2D eigenvalue weighted by atomic mass is 10.1. The fourth-order valence-corrected chi connectivity index (χ4v) is 3.32. The molecule has 0 saturated heterocycles. The molecule has 1 aromatic carbocycles. The number of hydrogen-bond donors (Lipinski definition) is 0. The van der Waals surface area contributed by atoms with Crippen molar-refractivity contribution in [1.29, 1.82) is 0 Å². The summed E-state index contributed by atoms with van der Waals surface area (Å²) >= 11 is 0. The minimum absolute atomic E-state index is 0.108. The number of carbonyl (C=O) groups excluding carboxylic acids is 3. The summed E-state index contributed by atoms with van der Waals surface area (Å²) in [4.78, 5) is 42.3. The van der Waals surface area contributed by atoms with Gasteiger partial charge in [0.2, 0.25) is 0 Å². The molecular weight excluding hydrogens is 414 g/mol. The van der Waals surface area contributed by atoms with Gasteiger partial charge in [-0.05, 0) is 31.5 Å². The maximum atomic E-state index is 12.5. The summed E-state index contributed by atoms with van der Waals surface area (Å²) in [5.41, 5.74) is 2.19. The number of fused-ring (bicyclic) bond motifs is 1. The van der Waals surface area contributed by atoms with Crippen LogP contribution in [0.2, 0.25) is 0 Å². The summed E-state index contributed by atoms with van der Waals surface area (Å²) < 4.78 is 17.4. The van der Waals surface area contributed by atoms with Crippen LogP contribution < -0.4 is 9.64 Å². The van der Waals surface area contributed by atoms with Gasteiger partial charge in [0.15, 0.2) is 11.4 Å². The number of carbonyl (C=O) groups is 3. The lowest BCUT2D eigenvalue weighted by Gasteiger charge is -2.17. The third-order valence-electron chi connectivity index (χ3n) is 4.87. The maximum absolute atomic E-state index is 12.5. The van der Waals surface area contributed by atoms with Crippen molar-refractivity contribution < 1.29 is 28.6 Å². The van der Waals surface area contributed by atoms with Crippen LogP contribution >= 0.6 is 0 Å². The first-order chi connectivity index (χ1) is 15.4. The predicted octanol–water partition coefficient (Wildman–Crippen LogP) is 2.79. The standard InChI is InChI=1S/C23H25N3O6/c1-5-17-20(25(3)21(27)23(29)31-6-2)26-13-9-12-18(19(26)24-17)32-14-15-10-7-8-11-16(15)22(28)30-4/h7-13H,5-6,14H2,1-4H3. The summed E-state index contributed by atoms with van der Waals surface area (Å²) in [6, 6.07) is 10.5. The number of pyridine rings is 1. The Morgan fingerprint density at radius 3 is 2.53 bits per heavy atom. The fraction of sp³-hybridized carbons (Fsp3) is 0.304. The Morgan fingerprint density at radius 1 is 1.09 bits per heavy atom. The van der Waals surface area contributed by atoms with Crippen molar-refractivity contribution >= 4 is 29.3 Å². The molecule has 0 fully saturated rings. The van der Waals surface area contributed by atoms with Crippen LogP contribution in [-0.2, 0) is 32.1 Å². The Bertz CT molecular complexity index is 1150. The Hall–Kier alpha value is -3.88. The Balaban J connectivity index is 1.96. The van der Waals surface area contributed by atoms with Crippen LogP contribution in [0.15, 0.2) is 42.6 Å². The van der Waals surface area contributed by atoms with Crippen molar-refractivity contribution in [2.45, 2.75) is 26.9 Å². The highest BCUT2D eigenvalue weighted by Gasteiger charge is 2.27. The van der Waals surface area contributed by atoms with Crippen LogP contribution in [0.1, 0.15) is 35.5 Å². The summed E-state index contributed by atoms with van der Waals surface area (Å²) in [7, 11) is 2.83. The van der Waals surface area contributed by atoms with Crippen molar-refractivity contribution in [2.24, 2.45) is 0 Å². The number of anilines is 1. The Morgan fingerprint density at radius 2 is 1.84 bits per heavy atom. The van der Waals surface area contributed by atoms with Gasteiger partial charge in [-0.15, -0.1) is 0 Å². The van der Waals surface area contributed by atoms with E-state index in [9.17, 15) is 14.4 Å². The second-order valence-electron chi connectivity index (χ2n) is 6.82. The quantitative estimate of drug-likeness (QED) is 0.412. The van der Waals surface area contributed by atoms with Gasteiger partial charge >= 0.3 is 17.8 Å². The van der Waals surface area contributed by atoms with Gasteiger partial charge in [0, 0.05) is 18.8 Å². The second kappa shape index (κ2) is 9.95. The highest BCUT2D eigenvalue weighted by molar-refractivity contribution is 6.37. The van der Waals surface area contributed by atoms with E-state index in [1.807, 2.05) is 13.0 Å². The molecule has 168 valence electrons. The number of esters is 2. The molecule has 0 radical (unpaired) electrons.